The molecular weight excluding hydrogens is 291 g/mol. The zero-order chi connectivity index (χ0) is 17.6. The van der Waals surface area contributed by atoms with Crippen molar-refractivity contribution in [1.82, 2.24) is 0 Å². The number of hydrogen-bond acceptors (Lipinski definition) is 2. The molecule has 0 radical (unpaired) electrons. The molecule has 0 amide bonds. The lowest BCUT2D eigenvalue weighted by Crippen LogP contribution is -2.56. The zero-order valence-corrected chi connectivity index (χ0v) is 16.1. The molecular formula is C21H29BN2. The second-order valence-electron chi connectivity index (χ2n) is 7.70. The molecule has 0 spiro atoms. The van der Waals surface area contributed by atoms with E-state index in [2.05, 4.69) is 94.7 Å². The summed E-state index contributed by atoms with van der Waals surface area (Å²) in [5.41, 5.74) is 8.46. The first-order chi connectivity index (χ1) is 11.3. The van der Waals surface area contributed by atoms with Crippen LogP contribution < -0.4 is 15.1 Å². The Labute approximate surface area is 147 Å². The molecule has 0 aliphatic carbocycles. The van der Waals surface area contributed by atoms with Crippen LogP contribution in [0.15, 0.2) is 36.4 Å². The summed E-state index contributed by atoms with van der Waals surface area (Å²) in [6.45, 7) is 11.7. The first-order valence-corrected chi connectivity index (χ1v) is 9.02. The van der Waals surface area contributed by atoms with Crippen molar-refractivity contribution in [1.29, 1.82) is 0 Å². The van der Waals surface area contributed by atoms with Crippen LogP contribution in [0, 0.1) is 6.92 Å². The summed E-state index contributed by atoms with van der Waals surface area (Å²) in [4.78, 5) is 4.90. The van der Waals surface area contributed by atoms with Crippen molar-refractivity contribution >= 4 is 23.8 Å². The Morgan fingerprint density at radius 3 is 1.83 bits per heavy atom. The Hall–Kier alpha value is -1.90. The van der Waals surface area contributed by atoms with Crippen molar-refractivity contribution in [2.24, 2.45) is 0 Å². The van der Waals surface area contributed by atoms with Gasteiger partial charge < -0.3 is 9.62 Å². The fourth-order valence-electron chi connectivity index (χ4n) is 4.19. The largest absolute Gasteiger partial charge is 0.411 e. The fraction of sp³-hybridized carbons (Fsp3) is 0.429. The summed E-state index contributed by atoms with van der Waals surface area (Å²) < 4.78 is 0. The van der Waals surface area contributed by atoms with Gasteiger partial charge in [0, 0.05) is 5.69 Å². The number of nitrogens with zero attached hydrogens (tertiary/aromatic N) is 2. The molecule has 0 saturated heterocycles. The number of anilines is 2. The minimum Gasteiger partial charge on any atom is -0.393 e. The maximum Gasteiger partial charge on any atom is 0.411 e. The zero-order valence-electron chi connectivity index (χ0n) is 16.1. The van der Waals surface area contributed by atoms with Crippen molar-refractivity contribution in [2.75, 3.05) is 23.7 Å². The molecule has 1 aliphatic rings. The smallest absolute Gasteiger partial charge is 0.393 e. The molecule has 0 atom stereocenters. The minimum atomic E-state index is 0.261. The molecule has 126 valence electrons. The van der Waals surface area contributed by atoms with Crippen LogP contribution in [0.3, 0.4) is 0 Å². The van der Waals surface area contributed by atoms with Crippen molar-refractivity contribution in [2.45, 2.75) is 46.5 Å². The first-order valence-electron chi connectivity index (χ1n) is 9.02. The van der Waals surface area contributed by atoms with Gasteiger partial charge in [-0.05, 0) is 61.1 Å². The monoisotopic (exact) mass is 320 g/mol. The van der Waals surface area contributed by atoms with Crippen LogP contribution in [0.4, 0.5) is 11.4 Å². The Morgan fingerprint density at radius 1 is 0.792 bits per heavy atom. The van der Waals surface area contributed by atoms with Crippen molar-refractivity contribution < 1.29 is 0 Å². The van der Waals surface area contributed by atoms with Gasteiger partial charge in [-0.15, -0.1) is 0 Å². The molecule has 2 aromatic carbocycles. The van der Waals surface area contributed by atoms with Gasteiger partial charge in [-0.3, -0.25) is 0 Å². The van der Waals surface area contributed by atoms with Gasteiger partial charge in [0.05, 0.1) is 5.69 Å². The SMILES string of the molecule is Cc1cccc2c1N(C)B(c1c(C(C)C)cccc1C(C)C)N2C. The van der Waals surface area contributed by atoms with Crippen LogP contribution >= 0.6 is 0 Å². The summed E-state index contributed by atoms with van der Waals surface area (Å²) in [6, 6.07) is 13.5. The van der Waals surface area contributed by atoms with Crippen LogP contribution in [-0.2, 0) is 0 Å². The van der Waals surface area contributed by atoms with Gasteiger partial charge in [0.1, 0.15) is 0 Å². The van der Waals surface area contributed by atoms with Crippen LogP contribution in [0.2, 0.25) is 0 Å². The van der Waals surface area contributed by atoms with Gasteiger partial charge in [0.2, 0.25) is 0 Å². The lowest BCUT2D eigenvalue weighted by atomic mass is 9.59. The second-order valence-corrected chi connectivity index (χ2v) is 7.70. The number of para-hydroxylation sites is 1. The van der Waals surface area contributed by atoms with Gasteiger partial charge >= 0.3 is 6.98 Å². The van der Waals surface area contributed by atoms with E-state index in [0.29, 0.717) is 11.8 Å². The normalized spacial score (nSPS) is 14.1. The van der Waals surface area contributed by atoms with E-state index < -0.39 is 0 Å². The molecule has 2 nitrogen and oxygen atoms in total. The molecule has 24 heavy (non-hydrogen) atoms. The van der Waals surface area contributed by atoms with Gasteiger partial charge in [-0.2, -0.15) is 0 Å². The highest BCUT2D eigenvalue weighted by atomic mass is 15.3. The molecule has 1 aliphatic heterocycles. The maximum absolute atomic E-state index is 2.46. The molecule has 2 aromatic rings. The van der Waals surface area contributed by atoms with E-state index in [1.54, 1.807) is 0 Å². The van der Waals surface area contributed by atoms with E-state index >= 15 is 0 Å². The second kappa shape index (κ2) is 6.20. The van der Waals surface area contributed by atoms with Gasteiger partial charge in [0.25, 0.3) is 0 Å². The Kier molecular flexibility index (Phi) is 4.37. The highest BCUT2D eigenvalue weighted by Gasteiger charge is 2.41. The topological polar surface area (TPSA) is 6.48 Å². The third-order valence-electron chi connectivity index (χ3n) is 5.36. The molecule has 0 aromatic heterocycles. The van der Waals surface area contributed by atoms with E-state index in [9.17, 15) is 0 Å². The molecule has 1 heterocycles. The average Bonchev–Trinajstić information content (AvgIpc) is 2.78. The summed E-state index contributed by atoms with van der Waals surface area (Å²) in [7, 11) is 4.47. The molecule has 0 fully saturated rings. The standard InChI is InChI=1S/C21H29BN2/c1-14(2)17-11-9-12-18(15(3)4)20(17)22-23(6)19-13-8-10-16(5)21(19)24(22)7/h8-15H,1-7H3. The summed E-state index contributed by atoms with van der Waals surface area (Å²) in [5, 5.41) is 0. The van der Waals surface area contributed by atoms with Gasteiger partial charge in [-0.1, -0.05) is 58.0 Å². The average molecular weight is 320 g/mol. The fourth-order valence-corrected chi connectivity index (χ4v) is 4.19. The quantitative estimate of drug-likeness (QED) is 0.767. The van der Waals surface area contributed by atoms with E-state index in [1.807, 2.05) is 0 Å². The number of aryl methyl sites for hydroxylation is 1. The van der Waals surface area contributed by atoms with Crippen LogP contribution in [0.1, 0.15) is 56.2 Å². The highest BCUT2D eigenvalue weighted by molar-refractivity contribution is 6.82. The Morgan fingerprint density at radius 2 is 1.33 bits per heavy atom. The van der Waals surface area contributed by atoms with Crippen LogP contribution in [0.5, 0.6) is 0 Å². The van der Waals surface area contributed by atoms with E-state index in [-0.39, 0.29) is 6.98 Å². The van der Waals surface area contributed by atoms with Gasteiger partial charge in [-0.25, -0.2) is 0 Å². The maximum atomic E-state index is 2.46. The Balaban J connectivity index is 2.22. The van der Waals surface area contributed by atoms with E-state index in [0.717, 1.165) is 0 Å². The molecule has 0 unspecified atom stereocenters. The third kappa shape index (κ3) is 2.51. The van der Waals surface area contributed by atoms with Crippen molar-refractivity contribution in [3.8, 4) is 0 Å². The lowest BCUT2D eigenvalue weighted by Gasteiger charge is -2.30. The molecule has 3 rings (SSSR count). The Bertz CT molecular complexity index is 725. The number of fused-ring (bicyclic) bond motifs is 1. The lowest BCUT2D eigenvalue weighted by molar-refractivity contribution is 0.843. The summed E-state index contributed by atoms with van der Waals surface area (Å²) >= 11 is 0. The number of hydrogen-bond donors (Lipinski definition) is 0. The third-order valence-corrected chi connectivity index (χ3v) is 5.36. The predicted octanol–water partition coefficient (Wildman–Crippen LogP) is 4.52. The van der Waals surface area contributed by atoms with Crippen LogP contribution in [-0.4, -0.2) is 21.1 Å². The minimum absolute atomic E-state index is 0.261. The molecule has 0 N–H and O–H groups in total. The number of rotatable bonds is 3. The summed E-state index contributed by atoms with van der Waals surface area (Å²) in [5.74, 6) is 1.04. The predicted molar refractivity (Wildman–Crippen MR) is 108 cm³/mol. The van der Waals surface area contributed by atoms with Crippen molar-refractivity contribution in [3.05, 3.63) is 53.1 Å². The van der Waals surface area contributed by atoms with Crippen LogP contribution in [0.25, 0.3) is 0 Å². The molecule has 3 heteroatoms. The first kappa shape index (κ1) is 16.9. The van der Waals surface area contributed by atoms with Gasteiger partial charge in [0.15, 0.2) is 0 Å². The van der Waals surface area contributed by atoms with E-state index in [1.165, 1.54) is 33.5 Å². The summed E-state index contributed by atoms with van der Waals surface area (Å²) in [6.07, 6.45) is 0. The molecule has 0 saturated carbocycles. The number of benzene rings is 2. The molecule has 0 bridgehead atoms. The van der Waals surface area contributed by atoms with Crippen molar-refractivity contribution in [3.63, 3.8) is 0 Å². The highest BCUT2D eigenvalue weighted by Crippen LogP contribution is 2.39. The van der Waals surface area contributed by atoms with E-state index in [4.69, 9.17) is 0 Å².